The Labute approximate surface area is 177 Å². The molecule has 0 fully saturated rings. The Kier molecular flexibility index (Phi) is 4.85. The number of halogens is 3. The van der Waals surface area contributed by atoms with Crippen LogP contribution in [0.1, 0.15) is 41.1 Å². The first-order chi connectivity index (χ1) is 14.6. The maximum absolute atomic E-state index is 13.3. The molecule has 0 saturated carbocycles. The van der Waals surface area contributed by atoms with Crippen molar-refractivity contribution in [1.82, 2.24) is 4.90 Å². The maximum Gasteiger partial charge on any atom is 0.416 e. The number of hydrogen-bond acceptors (Lipinski definition) is 3. The molecule has 0 aromatic heterocycles. The molecule has 0 saturated heterocycles. The number of urea groups is 1. The number of alkyl halides is 3. The largest absolute Gasteiger partial charge is 0.416 e. The van der Waals surface area contributed by atoms with E-state index in [1.165, 1.54) is 29.0 Å². The number of hydrogen-bond donors (Lipinski definition) is 0. The maximum atomic E-state index is 13.3. The Morgan fingerprint density at radius 2 is 1.84 bits per heavy atom. The second-order valence-electron chi connectivity index (χ2n) is 7.65. The van der Waals surface area contributed by atoms with E-state index in [1.54, 1.807) is 25.1 Å². The molecule has 8 heteroatoms. The number of rotatable bonds is 2. The number of aryl methyl sites for hydroxylation is 1. The van der Waals surface area contributed by atoms with E-state index in [4.69, 9.17) is 5.26 Å². The number of Topliss-reactive ketones (excluding diaryl/α,β-unsaturated/α-hetero) is 1. The van der Waals surface area contributed by atoms with Gasteiger partial charge in [0.15, 0.2) is 5.78 Å². The molecule has 0 N–H and O–H groups in total. The Morgan fingerprint density at radius 1 is 1.10 bits per heavy atom. The van der Waals surface area contributed by atoms with Crippen LogP contribution in [-0.2, 0) is 11.0 Å². The lowest BCUT2D eigenvalue weighted by molar-refractivity contribution is -0.137. The van der Waals surface area contributed by atoms with Crippen molar-refractivity contribution in [2.24, 2.45) is 0 Å². The predicted octanol–water partition coefficient (Wildman–Crippen LogP) is 5.12. The molecule has 0 spiro atoms. The average molecular weight is 425 g/mol. The molecule has 31 heavy (non-hydrogen) atoms. The summed E-state index contributed by atoms with van der Waals surface area (Å²) in [5.74, 6) is -0.139. The highest BCUT2D eigenvalue weighted by atomic mass is 19.4. The van der Waals surface area contributed by atoms with Crippen LogP contribution in [0.3, 0.4) is 0 Å². The summed E-state index contributed by atoms with van der Waals surface area (Å²) in [6, 6.07) is 10.5. The third kappa shape index (κ3) is 3.36. The Bertz CT molecular complexity index is 1180. The lowest BCUT2D eigenvalue weighted by Crippen LogP contribution is -2.48. The summed E-state index contributed by atoms with van der Waals surface area (Å²) in [4.78, 5) is 28.7. The number of allylic oxidation sites excluding steroid dienone is 1. The lowest BCUT2D eigenvalue weighted by atomic mass is 9.90. The fraction of sp³-hybridized carbons (Fsp3) is 0.261. The minimum absolute atomic E-state index is 0.0730. The van der Waals surface area contributed by atoms with Gasteiger partial charge in [-0.3, -0.25) is 9.69 Å². The zero-order valence-electron chi connectivity index (χ0n) is 16.8. The highest BCUT2D eigenvalue weighted by Gasteiger charge is 2.45. The monoisotopic (exact) mass is 425 g/mol. The first-order valence-corrected chi connectivity index (χ1v) is 9.64. The number of carbonyl (C=O) groups is 2. The minimum atomic E-state index is -4.55. The van der Waals surface area contributed by atoms with E-state index in [9.17, 15) is 22.8 Å². The number of carbonyl (C=O) groups excluding carboxylic acids is 2. The predicted molar refractivity (Wildman–Crippen MR) is 107 cm³/mol. The van der Waals surface area contributed by atoms with Crippen molar-refractivity contribution >= 4 is 17.5 Å². The van der Waals surface area contributed by atoms with Crippen LogP contribution in [0, 0.1) is 18.3 Å². The number of likely N-dealkylation sites (N-methyl/N-ethyl adjacent to an activating group) is 1. The smallest absolute Gasteiger partial charge is 0.316 e. The van der Waals surface area contributed by atoms with Crippen molar-refractivity contribution < 1.29 is 22.8 Å². The second kappa shape index (κ2) is 7.27. The number of ketones is 1. The lowest BCUT2D eigenvalue weighted by Gasteiger charge is -2.41. The van der Waals surface area contributed by atoms with Gasteiger partial charge in [-0.15, -0.1) is 0 Å². The van der Waals surface area contributed by atoms with E-state index in [2.05, 4.69) is 6.07 Å². The van der Waals surface area contributed by atoms with E-state index in [0.717, 1.165) is 17.7 Å². The van der Waals surface area contributed by atoms with Crippen molar-refractivity contribution in [2.45, 2.75) is 32.0 Å². The van der Waals surface area contributed by atoms with Crippen LogP contribution in [0.4, 0.5) is 23.7 Å². The first kappa shape index (κ1) is 20.7. The van der Waals surface area contributed by atoms with Gasteiger partial charge in [0, 0.05) is 24.7 Å². The van der Waals surface area contributed by atoms with Gasteiger partial charge in [-0.25, -0.2) is 4.79 Å². The third-order valence-electron chi connectivity index (χ3n) is 5.75. The molecule has 0 bridgehead atoms. The summed E-state index contributed by atoms with van der Waals surface area (Å²) in [6.45, 7) is 1.80. The second-order valence-corrected chi connectivity index (χ2v) is 7.65. The highest BCUT2D eigenvalue weighted by molar-refractivity contribution is 6.08. The van der Waals surface area contributed by atoms with Crippen molar-refractivity contribution in [3.63, 3.8) is 0 Å². The highest BCUT2D eigenvalue weighted by Crippen LogP contribution is 2.45. The summed E-state index contributed by atoms with van der Waals surface area (Å²) < 4.78 is 39.7. The quantitative estimate of drug-likeness (QED) is 0.671. The van der Waals surface area contributed by atoms with Crippen LogP contribution in [0.2, 0.25) is 0 Å². The van der Waals surface area contributed by atoms with Crippen LogP contribution in [0.5, 0.6) is 0 Å². The molecular formula is C23H18F3N3O2. The van der Waals surface area contributed by atoms with Crippen molar-refractivity contribution in [3.8, 4) is 6.07 Å². The van der Waals surface area contributed by atoms with Crippen molar-refractivity contribution in [3.05, 3.63) is 76.0 Å². The van der Waals surface area contributed by atoms with Gasteiger partial charge in [0.25, 0.3) is 0 Å². The summed E-state index contributed by atoms with van der Waals surface area (Å²) in [6.07, 6.45) is -4.09. The molecule has 1 aliphatic carbocycles. The van der Waals surface area contributed by atoms with Gasteiger partial charge in [-0.05, 0) is 54.8 Å². The van der Waals surface area contributed by atoms with Gasteiger partial charge >= 0.3 is 12.2 Å². The van der Waals surface area contributed by atoms with Gasteiger partial charge in [-0.2, -0.15) is 18.4 Å². The standard InChI is InChI=1S/C23H18F3N3O2/c1-13-10-14(12-27)6-7-17(13)21-20-18(8-9-19(20)30)29(22(31)28(21)2)16-5-3-4-15(11-16)23(24,25)26/h3-7,10-11,21H,8-9H2,1-2H3. The summed E-state index contributed by atoms with van der Waals surface area (Å²) >= 11 is 0. The molecule has 5 nitrogen and oxygen atoms in total. The Morgan fingerprint density at radius 3 is 2.48 bits per heavy atom. The zero-order chi connectivity index (χ0) is 22.5. The van der Waals surface area contributed by atoms with Gasteiger partial charge < -0.3 is 4.90 Å². The average Bonchev–Trinajstić information content (AvgIpc) is 3.10. The van der Waals surface area contributed by atoms with E-state index in [0.29, 0.717) is 22.4 Å². The van der Waals surface area contributed by atoms with Crippen LogP contribution < -0.4 is 4.90 Å². The number of nitriles is 1. The summed E-state index contributed by atoms with van der Waals surface area (Å²) in [5, 5.41) is 9.13. The summed E-state index contributed by atoms with van der Waals surface area (Å²) in [7, 11) is 1.53. The van der Waals surface area contributed by atoms with E-state index >= 15 is 0 Å². The molecule has 2 aromatic rings. The molecule has 1 atom stereocenters. The van der Waals surface area contributed by atoms with Crippen molar-refractivity contribution in [2.75, 3.05) is 11.9 Å². The number of benzene rings is 2. The van der Waals surface area contributed by atoms with Gasteiger partial charge in [0.1, 0.15) is 0 Å². The normalized spacial score (nSPS) is 19.0. The molecule has 2 aliphatic rings. The SMILES string of the molecule is Cc1cc(C#N)ccc1C1C2=C(CCC2=O)N(c2cccc(C(F)(F)F)c2)C(=O)N1C. The van der Waals surface area contributed by atoms with E-state index in [1.807, 2.05) is 0 Å². The van der Waals surface area contributed by atoms with Crippen molar-refractivity contribution in [1.29, 1.82) is 5.26 Å². The fourth-order valence-electron chi connectivity index (χ4n) is 4.29. The fourth-order valence-corrected chi connectivity index (χ4v) is 4.29. The molecule has 4 rings (SSSR count). The Balaban J connectivity index is 1.88. The molecule has 2 aromatic carbocycles. The molecule has 2 amide bonds. The van der Waals surface area contributed by atoms with Gasteiger partial charge in [0.2, 0.25) is 0 Å². The Hall–Kier alpha value is -3.60. The summed E-state index contributed by atoms with van der Waals surface area (Å²) in [5.41, 5.74) is 1.97. The van der Waals surface area contributed by atoms with Crippen LogP contribution in [-0.4, -0.2) is 23.8 Å². The number of amides is 2. The van der Waals surface area contributed by atoms with E-state index < -0.39 is 23.8 Å². The van der Waals surface area contributed by atoms with Crippen LogP contribution in [0.15, 0.2) is 53.7 Å². The minimum Gasteiger partial charge on any atom is -0.316 e. The van der Waals surface area contributed by atoms with E-state index in [-0.39, 0.29) is 24.3 Å². The molecule has 158 valence electrons. The number of anilines is 1. The number of nitrogens with zero attached hydrogens (tertiary/aromatic N) is 3. The zero-order valence-corrected chi connectivity index (χ0v) is 16.8. The van der Waals surface area contributed by atoms with Gasteiger partial charge in [-0.1, -0.05) is 12.1 Å². The molecule has 1 heterocycles. The first-order valence-electron chi connectivity index (χ1n) is 9.64. The molecule has 1 aliphatic heterocycles. The van der Waals surface area contributed by atoms with Gasteiger partial charge in [0.05, 0.1) is 28.9 Å². The van der Waals surface area contributed by atoms with Crippen LogP contribution >= 0.6 is 0 Å². The third-order valence-corrected chi connectivity index (χ3v) is 5.75. The molecule has 1 unspecified atom stereocenters. The topological polar surface area (TPSA) is 64.4 Å². The molecular weight excluding hydrogens is 407 g/mol. The van der Waals surface area contributed by atoms with Crippen LogP contribution in [0.25, 0.3) is 0 Å². The molecule has 0 radical (unpaired) electrons.